The highest BCUT2D eigenvalue weighted by atomic mass is 16.1. The van der Waals surface area contributed by atoms with Gasteiger partial charge in [0.15, 0.2) is 5.78 Å². The first-order chi connectivity index (χ1) is 12.3. The van der Waals surface area contributed by atoms with Gasteiger partial charge in [0.2, 0.25) is 0 Å². The first-order valence-corrected chi connectivity index (χ1v) is 11.0. The van der Waals surface area contributed by atoms with Crippen LogP contribution in [-0.4, -0.2) is 19.0 Å². The summed E-state index contributed by atoms with van der Waals surface area (Å²) in [7, 11) is 1.97. The fraction of sp³-hybridized carbons (Fsp3) is 0.833. The molecule has 26 heavy (non-hydrogen) atoms. The number of ketones is 1. The van der Waals surface area contributed by atoms with Crippen molar-refractivity contribution in [3.05, 3.63) is 11.6 Å². The molecule has 0 N–H and O–H groups in total. The van der Waals surface area contributed by atoms with E-state index < -0.39 is 0 Å². The van der Waals surface area contributed by atoms with E-state index in [2.05, 4.69) is 38.9 Å². The molecule has 4 fully saturated rings. The molecule has 0 saturated heterocycles. The van der Waals surface area contributed by atoms with Crippen molar-refractivity contribution in [2.75, 3.05) is 7.05 Å². The van der Waals surface area contributed by atoms with Crippen molar-refractivity contribution in [2.24, 2.45) is 63.2 Å². The molecule has 0 spiro atoms. The maximum Gasteiger partial charge on any atom is 0.155 e. The van der Waals surface area contributed by atoms with Crippen molar-refractivity contribution in [3.8, 4) is 0 Å². The zero-order chi connectivity index (χ0) is 18.4. The van der Waals surface area contributed by atoms with Gasteiger partial charge in [0.1, 0.15) is 0 Å². The Kier molecular flexibility index (Phi) is 3.52. The quantitative estimate of drug-likeness (QED) is 0.597. The molecule has 0 aromatic heterocycles. The maximum absolute atomic E-state index is 12.0. The van der Waals surface area contributed by atoms with E-state index in [1.54, 1.807) is 0 Å². The Labute approximate surface area is 158 Å². The predicted octanol–water partition coefficient (Wildman–Crippen LogP) is 5.18. The van der Waals surface area contributed by atoms with Crippen molar-refractivity contribution < 1.29 is 4.79 Å². The lowest BCUT2D eigenvalue weighted by molar-refractivity contribution is -0.116. The van der Waals surface area contributed by atoms with Crippen LogP contribution in [0, 0.1) is 58.2 Å². The molecule has 4 saturated carbocycles. The highest BCUT2D eigenvalue weighted by Gasteiger charge is 2.77. The minimum absolute atomic E-state index is 0.278. The van der Waals surface area contributed by atoms with Crippen molar-refractivity contribution in [2.45, 2.75) is 59.8 Å². The van der Waals surface area contributed by atoms with Gasteiger partial charge in [-0.1, -0.05) is 33.3 Å². The Morgan fingerprint density at radius 2 is 1.92 bits per heavy atom. The largest absolute Gasteiger partial charge is 0.300 e. The summed E-state index contributed by atoms with van der Waals surface area (Å²) in [6.07, 6.45) is 10.2. The Hall–Kier alpha value is -0.920. The lowest BCUT2D eigenvalue weighted by Crippen LogP contribution is -2.54. The van der Waals surface area contributed by atoms with Gasteiger partial charge in [-0.05, 0) is 84.5 Å². The molecule has 0 aromatic rings. The molecule has 0 bridgehead atoms. The summed E-state index contributed by atoms with van der Waals surface area (Å²) in [5.74, 6) is 6.98. The Morgan fingerprint density at radius 1 is 1.15 bits per heavy atom. The summed E-state index contributed by atoms with van der Waals surface area (Å²) in [4.78, 5) is 16.5. The maximum atomic E-state index is 12.0. The molecule has 5 aliphatic rings. The highest BCUT2D eigenvalue weighted by molar-refractivity contribution is 5.91. The van der Waals surface area contributed by atoms with Crippen LogP contribution in [0.3, 0.4) is 0 Å². The number of aliphatic imine (C=N–C) groups is 1. The normalized spacial score (nSPS) is 57.9. The van der Waals surface area contributed by atoms with Crippen LogP contribution < -0.4 is 0 Å². The first-order valence-electron chi connectivity index (χ1n) is 11.0. The van der Waals surface area contributed by atoms with Crippen molar-refractivity contribution in [1.29, 1.82) is 0 Å². The summed E-state index contributed by atoms with van der Waals surface area (Å²) in [5, 5.41) is 0. The number of nitrogens with zero attached hydrogens (tertiary/aromatic N) is 1. The van der Waals surface area contributed by atoms with E-state index in [1.165, 1.54) is 24.8 Å². The predicted molar refractivity (Wildman–Crippen MR) is 106 cm³/mol. The summed E-state index contributed by atoms with van der Waals surface area (Å²) < 4.78 is 0. The summed E-state index contributed by atoms with van der Waals surface area (Å²) in [6.45, 7) is 10.1. The Bertz CT molecular complexity index is 707. The molecular weight excluding hydrogens is 318 g/mol. The van der Waals surface area contributed by atoms with E-state index >= 15 is 0 Å². The molecule has 0 heterocycles. The van der Waals surface area contributed by atoms with Gasteiger partial charge in [0.25, 0.3) is 0 Å². The van der Waals surface area contributed by atoms with Gasteiger partial charge in [0, 0.05) is 25.1 Å². The minimum Gasteiger partial charge on any atom is -0.300 e. The van der Waals surface area contributed by atoms with Crippen molar-refractivity contribution >= 4 is 12.0 Å². The molecule has 2 nitrogen and oxygen atoms in total. The molecule has 0 unspecified atom stereocenters. The third kappa shape index (κ3) is 1.89. The molecule has 0 aliphatic heterocycles. The van der Waals surface area contributed by atoms with E-state index in [9.17, 15) is 4.79 Å². The van der Waals surface area contributed by atoms with Gasteiger partial charge in [-0.15, -0.1) is 0 Å². The molecule has 0 amide bonds. The average Bonchev–Trinajstić information content (AvgIpc) is 3.19. The lowest BCUT2D eigenvalue weighted by Gasteiger charge is -2.59. The molecule has 0 radical (unpaired) electrons. The average molecular weight is 354 g/mol. The fourth-order valence-corrected chi connectivity index (χ4v) is 9.02. The van der Waals surface area contributed by atoms with Gasteiger partial charge < -0.3 is 4.99 Å². The summed E-state index contributed by atoms with van der Waals surface area (Å²) in [6, 6.07) is 0. The smallest absolute Gasteiger partial charge is 0.155 e. The number of hydrogen-bond acceptors (Lipinski definition) is 2. The second-order valence-corrected chi connectivity index (χ2v) is 10.9. The van der Waals surface area contributed by atoms with Gasteiger partial charge in [-0.25, -0.2) is 0 Å². The van der Waals surface area contributed by atoms with Crippen LogP contribution in [0.15, 0.2) is 16.6 Å². The minimum atomic E-state index is 0.278. The van der Waals surface area contributed by atoms with Crippen LogP contribution in [-0.2, 0) is 4.79 Å². The Balaban J connectivity index is 1.56. The number of fused-ring (bicyclic) bond motifs is 7. The number of carbonyl (C=O) groups excluding carboxylic acids is 1. The van der Waals surface area contributed by atoms with Crippen LogP contribution in [0.1, 0.15) is 59.8 Å². The van der Waals surface area contributed by atoms with Crippen LogP contribution in [0.5, 0.6) is 0 Å². The zero-order valence-corrected chi connectivity index (χ0v) is 17.2. The van der Waals surface area contributed by atoms with Crippen LogP contribution in [0.4, 0.5) is 0 Å². The number of carbonyl (C=O) groups is 1. The number of hydrogen-bond donors (Lipinski definition) is 0. The molecule has 2 heteroatoms. The van der Waals surface area contributed by atoms with Crippen molar-refractivity contribution in [3.63, 3.8) is 0 Å². The van der Waals surface area contributed by atoms with Gasteiger partial charge >= 0.3 is 0 Å². The highest BCUT2D eigenvalue weighted by Crippen LogP contribution is 2.80. The molecule has 10 atom stereocenters. The second-order valence-electron chi connectivity index (χ2n) is 10.9. The van der Waals surface area contributed by atoms with Crippen LogP contribution >= 0.6 is 0 Å². The van der Waals surface area contributed by atoms with E-state index in [0.717, 1.165) is 54.3 Å². The molecule has 142 valence electrons. The first kappa shape index (κ1) is 17.2. The van der Waals surface area contributed by atoms with E-state index in [0.29, 0.717) is 17.1 Å². The summed E-state index contributed by atoms with van der Waals surface area (Å²) in [5.41, 5.74) is 2.20. The van der Waals surface area contributed by atoms with Gasteiger partial charge in [-0.2, -0.15) is 0 Å². The molecular formula is C24H35NO. The van der Waals surface area contributed by atoms with Crippen LogP contribution in [0.2, 0.25) is 0 Å². The number of allylic oxidation sites excluding steroid dienone is 1. The molecule has 0 aromatic carbocycles. The van der Waals surface area contributed by atoms with Crippen LogP contribution in [0.25, 0.3) is 0 Å². The topological polar surface area (TPSA) is 29.4 Å². The number of rotatable bonds is 1. The van der Waals surface area contributed by atoms with Gasteiger partial charge in [0.05, 0.1) is 0 Å². The van der Waals surface area contributed by atoms with E-state index in [1.807, 2.05) is 13.1 Å². The third-order valence-electron chi connectivity index (χ3n) is 10.1. The monoisotopic (exact) mass is 353 g/mol. The Morgan fingerprint density at radius 3 is 2.65 bits per heavy atom. The lowest BCUT2D eigenvalue weighted by atomic mass is 9.45. The third-order valence-corrected chi connectivity index (χ3v) is 10.1. The fourth-order valence-electron chi connectivity index (χ4n) is 9.02. The second kappa shape index (κ2) is 5.32. The van der Waals surface area contributed by atoms with Gasteiger partial charge in [-0.3, -0.25) is 4.79 Å². The zero-order valence-electron chi connectivity index (χ0n) is 17.2. The SMILES string of the molecule is CN=C[C@@]1(C)[C@H]2[C@@H](C)[C@H]2[C@H]2[C@H]3[C@H](CC[C@@]21C)[C@H]1CCC(=O)C=C1C[C@H]3C. The van der Waals surface area contributed by atoms with Crippen molar-refractivity contribution in [1.82, 2.24) is 0 Å². The standard InChI is InChI=1S/C24H35NO/c1-13-10-15-11-16(26)6-7-17(15)18-8-9-23(3)22(19(13)18)20-14(2)21(20)24(23,4)12-25-5/h11-14,17-22H,6-10H2,1-5H3/t13-,14+,17+,18-,19-,20-,21+,22-,23+,24+/m1/s1. The van der Waals surface area contributed by atoms with E-state index in [-0.39, 0.29) is 5.41 Å². The molecule has 5 aliphatic carbocycles. The summed E-state index contributed by atoms with van der Waals surface area (Å²) >= 11 is 0. The van der Waals surface area contributed by atoms with E-state index in [4.69, 9.17) is 0 Å². The molecule has 5 rings (SSSR count).